The smallest absolute Gasteiger partial charge is 0.306 e. The summed E-state index contributed by atoms with van der Waals surface area (Å²) >= 11 is 5.53. The highest BCUT2D eigenvalue weighted by Gasteiger charge is 2.12. The summed E-state index contributed by atoms with van der Waals surface area (Å²) in [6, 6.07) is 1.63. The Morgan fingerprint density at radius 3 is 3.00 bits per heavy atom. The number of rotatable bonds is 3. The highest BCUT2D eigenvalue weighted by molar-refractivity contribution is 6.29. The van der Waals surface area contributed by atoms with Crippen LogP contribution < -0.4 is 0 Å². The van der Waals surface area contributed by atoms with Crippen LogP contribution in [0.1, 0.15) is 12.6 Å². The van der Waals surface area contributed by atoms with Crippen LogP contribution in [0, 0.1) is 5.92 Å². The molecule has 1 unspecified atom stereocenters. The fourth-order valence-electron chi connectivity index (χ4n) is 0.855. The first-order chi connectivity index (χ1) is 5.59. The largest absolute Gasteiger partial charge is 0.481 e. The number of aliphatic carboxylic acids is 1. The lowest BCUT2D eigenvalue weighted by molar-refractivity contribution is -0.141. The average Bonchev–Trinajstić information content (AvgIpc) is 2.35. The Balaban J connectivity index is 2.58. The summed E-state index contributed by atoms with van der Waals surface area (Å²) < 4.78 is 0. The van der Waals surface area contributed by atoms with E-state index in [0.29, 0.717) is 11.6 Å². The van der Waals surface area contributed by atoms with Gasteiger partial charge in [-0.3, -0.25) is 9.89 Å². The van der Waals surface area contributed by atoms with Gasteiger partial charge in [-0.2, -0.15) is 5.10 Å². The molecule has 0 aliphatic carbocycles. The number of H-pyrrole nitrogens is 1. The number of carboxylic acid groups (broad SMARTS) is 1. The van der Waals surface area contributed by atoms with E-state index in [0.717, 1.165) is 5.69 Å². The summed E-state index contributed by atoms with van der Waals surface area (Å²) in [5.41, 5.74) is 0.745. The van der Waals surface area contributed by atoms with E-state index >= 15 is 0 Å². The summed E-state index contributed by atoms with van der Waals surface area (Å²) in [5, 5.41) is 15.3. The summed E-state index contributed by atoms with van der Waals surface area (Å²) in [4.78, 5) is 10.4. The van der Waals surface area contributed by atoms with E-state index in [2.05, 4.69) is 10.2 Å². The molecule has 1 heterocycles. The van der Waals surface area contributed by atoms with Crippen LogP contribution in [0.2, 0.25) is 5.15 Å². The molecule has 0 saturated carbocycles. The minimum atomic E-state index is -0.819. The molecule has 5 heteroatoms. The van der Waals surface area contributed by atoms with Gasteiger partial charge in [-0.1, -0.05) is 18.5 Å². The van der Waals surface area contributed by atoms with E-state index in [-0.39, 0.29) is 0 Å². The lowest BCUT2D eigenvalue weighted by atomic mass is 10.1. The molecular formula is C7H9ClN2O2. The quantitative estimate of drug-likeness (QED) is 0.752. The van der Waals surface area contributed by atoms with Crippen LogP contribution in [0.25, 0.3) is 0 Å². The second-order valence-corrected chi connectivity index (χ2v) is 3.05. The molecule has 66 valence electrons. The Labute approximate surface area is 74.5 Å². The number of hydrogen-bond acceptors (Lipinski definition) is 2. The maximum absolute atomic E-state index is 10.4. The Morgan fingerprint density at radius 1 is 1.92 bits per heavy atom. The maximum atomic E-state index is 10.4. The SMILES string of the molecule is CC(Cc1cc(Cl)n[nH]1)C(=O)O. The molecule has 0 radical (unpaired) electrons. The molecule has 0 saturated heterocycles. The number of halogens is 1. The topological polar surface area (TPSA) is 66.0 Å². The third kappa shape index (κ3) is 2.23. The van der Waals surface area contributed by atoms with Gasteiger partial charge < -0.3 is 5.11 Å². The van der Waals surface area contributed by atoms with Gasteiger partial charge in [0.25, 0.3) is 0 Å². The van der Waals surface area contributed by atoms with Crippen LogP contribution in [-0.2, 0) is 11.2 Å². The highest BCUT2D eigenvalue weighted by Crippen LogP contribution is 2.10. The van der Waals surface area contributed by atoms with Crippen LogP contribution in [0.15, 0.2) is 6.07 Å². The predicted octanol–water partition coefficient (Wildman–Crippen LogP) is 1.33. The van der Waals surface area contributed by atoms with E-state index in [1.165, 1.54) is 0 Å². The molecule has 0 amide bonds. The van der Waals surface area contributed by atoms with Gasteiger partial charge in [-0.15, -0.1) is 0 Å². The maximum Gasteiger partial charge on any atom is 0.306 e. The standard InChI is InChI=1S/C7H9ClN2O2/c1-4(7(11)12)2-5-3-6(8)10-9-5/h3-4H,2H2,1H3,(H,9,10)(H,11,12). The van der Waals surface area contributed by atoms with Crippen molar-refractivity contribution in [3.8, 4) is 0 Å². The molecule has 4 nitrogen and oxygen atoms in total. The molecule has 2 N–H and O–H groups in total. The van der Waals surface area contributed by atoms with Gasteiger partial charge in [0, 0.05) is 12.1 Å². The third-order valence-corrected chi connectivity index (χ3v) is 1.74. The molecular weight excluding hydrogens is 180 g/mol. The number of nitrogens with one attached hydrogen (secondary N) is 1. The molecule has 12 heavy (non-hydrogen) atoms. The van der Waals surface area contributed by atoms with Gasteiger partial charge in [-0.05, 0) is 6.07 Å². The van der Waals surface area contributed by atoms with Gasteiger partial charge >= 0.3 is 5.97 Å². The van der Waals surface area contributed by atoms with Crippen molar-refractivity contribution in [2.75, 3.05) is 0 Å². The van der Waals surface area contributed by atoms with Gasteiger partial charge in [0.05, 0.1) is 5.92 Å². The molecule has 1 atom stereocenters. The Bertz CT molecular complexity index is 285. The molecule has 1 aromatic rings. The summed E-state index contributed by atoms with van der Waals surface area (Å²) in [6.45, 7) is 1.64. The van der Waals surface area contributed by atoms with E-state index in [1.54, 1.807) is 13.0 Å². The van der Waals surface area contributed by atoms with Crippen molar-refractivity contribution in [1.82, 2.24) is 10.2 Å². The monoisotopic (exact) mass is 188 g/mol. The molecule has 0 spiro atoms. The molecule has 0 aliphatic rings. The number of aromatic nitrogens is 2. The first kappa shape index (κ1) is 9.06. The minimum absolute atomic E-state index is 0.364. The van der Waals surface area contributed by atoms with Crippen molar-refractivity contribution < 1.29 is 9.90 Å². The van der Waals surface area contributed by atoms with Gasteiger partial charge in [0.2, 0.25) is 0 Å². The van der Waals surface area contributed by atoms with E-state index in [4.69, 9.17) is 16.7 Å². The lowest BCUT2D eigenvalue weighted by Crippen LogP contribution is -2.12. The fourth-order valence-corrected chi connectivity index (χ4v) is 1.03. The molecule has 1 rings (SSSR count). The molecule has 1 aromatic heterocycles. The van der Waals surface area contributed by atoms with Crippen molar-refractivity contribution in [3.63, 3.8) is 0 Å². The van der Waals surface area contributed by atoms with Crippen molar-refractivity contribution >= 4 is 17.6 Å². The van der Waals surface area contributed by atoms with Crippen LogP contribution in [-0.4, -0.2) is 21.3 Å². The highest BCUT2D eigenvalue weighted by atomic mass is 35.5. The second kappa shape index (κ2) is 3.58. The lowest BCUT2D eigenvalue weighted by Gasteiger charge is -2.01. The Kier molecular flexibility index (Phi) is 2.70. The van der Waals surface area contributed by atoms with Crippen molar-refractivity contribution in [2.45, 2.75) is 13.3 Å². The van der Waals surface area contributed by atoms with Crippen LogP contribution in [0.3, 0.4) is 0 Å². The first-order valence-corrected chi connectivity index (χ1v) is 3.90. The van der Waals surface area contributed by atoms with E-state index in [1.807, 2.05) is 0 Å². The number of carboxylic acids is 1. The summed E-state index contributed by atoms with van der Waals surface area (Å²) in [5.74, 6) is -1.23. The molecule has 0 aromatic carbocycles. The predicted molar refractivity (Wildman–Crippen MR) is 44.1 cm³/mol. The fraction of sp³-hybridized carbons (Fsp3) is 0.429. The zero-order chi connectivity index (χ0) is 9.14. The zero-order valence-corrected chi connectivity index (χ0v) is 7.30. The number of aromatic amines is 1. The van der Waals surface area contributed by atoms with Gasteiger partial charge in [0.1, 0.15) is 0 Å². The Hall–Kier alpha value is -1.03. The van der Waals surface area contributed by atoms with Crippen molar-refractivity contribution in [2.24, 2.45) is 5.92 Å². The normalized spacial score (nSPS) is 12.8. The Morgan fingerprint density at radius 2 is 2.58 bits per heavy atom. The molecule has 0 bridgehead atoms. The summed E-state index contributed by atoms with van der Waals surface area (Å²) in [6.07, 6.45) is 0.426. The van der Waals surface area contributed by atoms with E-state index in [9.17, 15) is 4.79 Å². The van der Waals surface area contributed by atoms with Crippen LogP contribution in [0.5, 0.6) is 0 Å². The number of nitrogens with zero attached hydrogens (tertiary/aromatic N) is 1. The first-order valence-electron chi connectivity index (χ1n) is 3.52. The van der Waals surface area contributed by atoms with Crippen LogP contribution >= 0.6 is 11.6 Å². The zero-order valence-electron chi connectivity index (χ0n) is 6.54. The second-order valence-electron chi connectivity index (χ2n) is 2.66. The molecule has 0 aliphatic heterocycles. The van der Waals surface area contributed by atoms with E-state index < -0.39 is 11.9 Å². The van der Waals surface area contributed by atoms with Gasteiger partial charge in [-0.25, -0.2) is 0 Å². The third-order valence-electron chi connectivity index (χ3n) is 1.55. The number of carbonyl (C=O) groups is 1. The van der Waals surface area contributed by atoms with Crippen molar-refractivity contribution in [1.29, 1.82) is 0 Å². The summed E-state index contributed by atoms with van der Waals surface area (Å²) in [7, 11) is 0. The van der Waals surface area contributed by atoms with Crippen LogP contribution in [0.4, 0.5) is 0 Å². The van der Waals surface area contributed by atoms with Crippen molar-refractivity contribution in [3.05, 3.63) is 16.9 Å². The molecule has 0 fully saturated rings. The minimum Gasteiger partial charge on any atom is -0.481 e. The average molecular weight is 189 g/mol. The van der Waals surface area contributed by atoms with Gasteiger partial charge in [0.15, 0.2) is 5.15 Å². The number of hydrogen-bond donors (Lipinski definition) is 2.